The van der Waals surface area contributed by atoms with Crippen molar-refractivity contribution in [1.82, 2.24) is 19.5 Å². The van der Waals surface area contributed by atoms with Gasteiger partial charge in [0, 0.05) is 29.8 Å². The van der Waals surface area contributed by atoms with Crippen molar-refractivity contribution >= 4 is 17.0 Å². The number of aromatic carboxylic acids is 1. The minimum atomic E-state index is -1.09. The lowest BCUT2D eigenvalue weighted by molar-refractivity contribution is 0.0697. The van der Waals surface area contributed by atoms with Gasteiger partial charge in [0.2, 0.25) is 5.88 Å². The van der Waals surface area contributed by atoms with Gasteiger partial charge in [-0.25, -0.2) is 27.9 Å². The average Bonchev–Trinajstić information content (AvgIpc) is 3.34. The molecule has 0 unspecified atom stereocenters. The molecule has 7 nitrogen and oxygen atoms in total. The second-order valence-corrected chi connectivity index (χ2v) is 10.3. The van der Waals surface area contributed by atoms with Crippen LogP contribution in [0.1, 0.15) is 38.6 Å². The molecule has 0 aliphatic rings. The average molecular weight is 595 g/mol. The molecule has 0 fully saturated rings. The predicted octanol–water partition coefficient (Wildman–Crippen LogP) is 7.14. The number of pyridine rings is 2. The van der Waals surface area contributed by atoms with Crippen LogP contribution < -0.4 is 4.74 Å². The molecular weight excluding hydrogens is 569 g/mol. The Morgan fingerprint density at radius 3 is 2.48 bits per heavy atom. The number of hydrogen-bond acceptors (Lipinski definition) is 5. The number of hydrogen-bond donors (Lipinski definition) is 1. The van der Waals surface area contributed by atoms with Crippen molar-refractivity contribution in [2.45, 2.75) is 26.5 Å². The van der Waals surface area contributed by atoms with Crippen LogP contribution in [-0.2, 0) is 19.6 Å². The maximum atomic E-state index is 15.5. The molecule has 0 bridgehead atoms. The summed E-state index contributed by atoms with van der Waals surface area (Å²) < 4.78 is 52.6. The van der Waals surface area contributed by atoms with Gasteiger partial charge in [-0.05, 0) is 72.6 Å². The number of carbonyl (C=O) groups is 1. The van der Waals surface area contributed by atoms with Crippen LogP contribution in [0.3, 0.4) is 0 Å². The standard InChI is InChI=1S/C34H25F3N4O3/c1-20-8-9-22(26(35)13-20)19-44-33-7-4-6-29(40-33)25-17-27(36)23(14-28(25)37)16-32-39-30-11-10-21(34(42)43)15-31(30)41(32)18-24-5-2-3-12-38-24/h2-15,17H,16,18-19H2,1H3,(H,42,43). The van der Waals surface area contributed by atoms with Crippen molar-refractivity contribution in [3.8, 4) is 17.1 Å². The third-order valence-corrected chi connectivity index (χ3v) is 7.19. The minimum Gasteiger partial charge on any atom is -0.478 e. The Kier molecular flexibility index (Phi) is 7.80. The summed E-state index contributed by atoms with van der Waals surface area (Å²) in [6, 6.07) is 21.6. The SMILES string of the molecule is Cc1ccc(COc2cccc(-c3cc(F)c(Cc4nc5ccc(C(=O)O)cc5n4Cc4ccccn4)cc3F)n2)c(F)c1. The highest BCUT2D eigenvalue weighted by Gasteiger charge is 2.19. The van der Waals surface area contributed by atoms with Gasteiger partial charge in [-0.15, -0.1) is 0 Å². The van der Waals surface area contributed by atoms with E-state index in [9.17, 15) is 14.3 Å². The number of halogens is 3. The van der Waals surface area contributed by atoms with Crippen molar-refractivity contribution in [1.29, 1.82) is 0 Å². The summed E-state index contributed by atoms with van der Waals surface area (Å²) in [4.78, 5) is 24.9. The molecule has 0 aliphatic carbocycles. The molecule has 0 saturated heterocycles. The number of nitrogens with zero attached hydrogens (tertiary/aromatic N) is 4. The smallest absolute Gasteiger partial charge is 0.335 e. The lowest BCUT2D eigenvalue weighted by Gasteiger charge is -2.12. The number of fused-ring (bicyclic) bond motifs is 1. The van der Waals surface area contributed by atoms with E-state index in [0.717, 1.165) is 17.7 Å². The molecule has 0 radical (unpaired) electrons. The Bertz CT molecular complexity index is 2010. The normalized spacial score (nSPS) is 11.2. The molecule has 0 saturated carbocycles. The van der Waals surface area contributed by atoms with Gasteiger partial charge in [-0.3, -0.25) is 4.98 Å². The summed E-state index contributed by atoms with van der Waals surface area (Å²) in [6.07, 6.45) is 1.57. The molecular formula is C34H25F3N4O3. The van der Waals surface area contributed by atoms with Crippen LogP contribution in [-0.4, -0.2) is 30.6 Å². The first-order valence-corrected chi connectivity index (χ1v) is 13.7. The van der Waals surface area contributed by atoms with Crippen molar-refractivity contribution in [3.05, 3.63) is 142 Å². The first kappa shape index (κ1) is 28.6. The molecule has 0 amide bonds. The van der Waals surface area contributed by atoms with Crippen molar-refractivity contribution in [3.63, 3.8) is 0 Å². The predicted molar refractivity (Wildman–Crippen MR) is 158 cm³/mol. The van der Waals surface area contributed by atoms with Crippen LogP contribution in [0.15, 0.2) is 91.1 Å². The van der Waals surface area contributed by atoms with Gasteiger partial charge in [-0.1, -0.05) is 24.3 Å². The van der Waals surface area contributed by atoms with E-state index in [0.29, 0.717) is 28.1 Å². The van der Waals surface area contributed by atoms with Crippen LogP contribution in [0.5, 0.6) is 5.88 Å². The summed E-state index contributed by atoms with van der Waals surface area (Å²) in [7, 11) is 0. The fourth-order valence-electron chi connectivity index (χ4n) is 4.93. The Hall–Kier alpha value is -5.51. The molecule has 220 valence electrons. The summed E-state index contributed by atoms with van der Waals surface area (Å²) in [5.41, 5.74) is 3.10. The highest BCUT2D eigenvalue weighted by molar-refractivity contribution is 5.92. The fourth-order valence-corrected chi connectivity index (χ4v) is 4.93. The number of aromatic nitrogens is 4. The van der Waals surface area contributed by atoms with Crippen molar-refractivity contribution in [2.75, 3.05) is 0 Å². The van der Waals surface area contributed by atoms with Gasteiger partial charge in [0.15, 0.2) is 0 Å². The zero-order valence-electron chi connectivity index (χ0n) is 23.5. The first-order valence-electron chi connectivity index (χ1n) is 13.7. The summed E-state index contributed by atoms with van der Waals surface area (Å²) in [6.45, 7) is 1.96. The molecule has 6 rings (SSSR count). The number of aryl methyl sites for hydroxylation is 1. The molecule has 0 spiro atoms. The molecule has 3 heterocycles. The molecule has 0 aliphatic heterocycles. The van der Waals surface area contributed by atoms with E-state index in [-0.39, 0.29) is 47.8 Å². The van der Waals surface area contributed by atoms with Crippen molar-refractivity contribution < 1.29 is 27.8 Å². The van der Waals surface area contributed by atoms with Crippen LogP contribution in [0.25, 0.3) is 22.3 Å². The van der Waals surface area contributed by atoms with Gasteiger partial charge >= 0.3 is 5.97 Å². The molecule has 1 N–H and O–H groups in total. The third-order valence-electron chi connectivity index (χ3n) is 7.19. The number of imidazole rings is 1. The van der Waals surface area contributed by atoms with E-state index in [1.54, 1.807) is 54.1 Å². The van der Waals surface area contributed by atoms with E-state index in [4.69, 9.17) is 4.74 Å². The van der Waals surface area contributed by atoms with Crippen LogP contribution in [0, 0.1) is 24.4 Å². The Morgan fingerprint density at radius 1 is 0.864 bits per heavy atom. The highest BCUT2D eigenvalue weighted by Crippen LogP contribution is 2.28. The second-order valence-electron chi connectivity index (χ2n) is 10.3. The zero-order valence-corrected chi connectivity index (χ0v) is 23.5. The first-order chi connectivity index (χ1) is 21.2. The Labute approximate surface area is 250 Å². The van der Waals surface area contributed by atoms with Gasteiger partial charge < -0.3 is 14.4 Å². The number of carboxylic acids is 1. The van der Waals surface area contributed by atoms with Gasteiger partial charge in [-0.2, -0.15) is 0 Å². The van der Waals surface area contributed by atoms with Gasteiger partial charge in [0.1, 0.15) is 29.9 Å². The summed E-state index contributed by atoms with van der Waals surface area (Å²) in [5, 5.41) is 9.51. The second kappa shape index (κ2) is 12.0. The lowest BCUT2D eigenvalue weighted by Crippen LogP contribution is -2.09. The zero-order chi connectivity index (χ0) is 30.8. The van der Waals surface area contributed by atoms with E-state index in [1.165, 1.54) is 24.3 Å². The number of ether oxygens (including phenoxy) is 1. The van der Waals surface area contributed by atoms with Gasteiger partial charge in [0.05, 0.1) is 34.5 Å². The summed E-state index contributed by atoms with van der Waals surface area (Å²) in [5.74, 6) is -2.31. The maximum Gasteiger partial charge on any atom is 0.335 e. The maximum absolute atomic E-state index is 15.5. The van der Waals surface area contributed by atoms with E-state index < -0.39 is 23.4 Å². The molecule has 0 atom stereocenters. The molecule has 10 heteroatoms. The number of rotatable bonds is 9. The summed E-state index contributed by atoms with van der Waals surface area (Å²) >= 11 is 0. The quantitative estimate of drug-likeness (QED) is 0.192. The lowest BCUT2D eigenvalue weighted by atomic mass is 10.0. The largest absolute Gasteiger partial charge is 0.478 e. The number of carboxylic acid groups (broad SMARTS) is 1. The van der Waals surface area contributed by atoms with E-state index >= 15 is 8.78 Å². The minimum absolute atomic E-state index is 0.0598. The molecule has 6 aromatic rings. The number of benzene rings is 3. The van der Waals surface area contributed by atoms with Crippen LogP contribution in [0.4, 0.5) is 13.2 Å². The molecule has 3 aromatic heterocycles. The Morgan fingerprint density at radius 2 is 1.70 bits per heavy atom. The highest BCUT2D eigenvalue weighted by atomic mass is 19.1. The van der Waals surface area contributed by atoms with Gasteiger partial charge in [0.25, 0.3) is 0 Å². The fraction of sp³-hybridized carbons (Fsp3) is 0.118. The molecule has 44 heavy (non-hydrogen) atoms. The van der Waals surface area contributed by atoms with Crippen molar-refractivity contribution in [2.24, 2.45) is 0 Å². The monoisotopic (exact) mass is 594 g/mol. The molecule has 3 aromatic carbocycles. The van der Waals surface area contributed by atoms with E-state index in [1.807, 2.05) is 12.1 Å². The van der Waals surface area contributed by atoms with E-state index in [2.05, 4.69) is 15.0 Å². The van der Waals surface area contributed by atoms with Crippen LogP contribution >= 0.6 is 0 Å². The topological polar surface area (TPSA) is 90.1 Å². The Balaban J connectivity index is 1.30. The third kappa shape index (κ3) is 6.00. The van der Waals surface area contributed by atoms with Crippen LogP contribution in [0.2, 0.25) is 0 Å².